The van der Waals surface area contributed by atoms with Crippen LogP contribution in [-0.2, 0) is 182 Å². The first-order valence-corrected chi connectivity index (χ1v) is 31.3. The molecule has 0 amide bonds. The Morgan fingerprint density at radius 2 is 0.677 bits per heavy atom. The van der Waals surface area contributed by atoms with E-state index in [1.807, 2.05) is 0 Å². The summed E-state index contributed by atoms with van der Waals surface area (Å²) >= 11 is -0.531. The van der Waals surface area contributed by atoms with Gasteiger partial charge in [0.2, 0.25) is 0 Å². The zero-order valence-electron chi connectivity index (χ0n) is 48.4. The standard InChI is InChI=1S/C38H64O48S7/c1-12-13(10-62-92(48,49)50)64-35(27(57-5)16(12)54-2)69-21-19(55-3)28(58-6)37(71-25(21)32(39)40)68-18-15(11-63-93(51,52)53)66-38(31(76-91-86-81-47)24(18)74-89-84-79-45)70-22-20(56-4)29(59-7)36(72-26(22)33(41)42)67-17-14(9-61-87-82-77-43)65-34(60-8)30(75-90-85-80-46)23(17)73-88-83-78-44/h12-31,34-38,43-47H,9-11H2,1-8H3,(H,39,40)(H,41,42)(H,48,49,50)(H,51,52,53)/t12-,13?,14?,15+,16-,17-,18+,19-,20?,21+,22-,23-,24?,25?,26+,27?,28?,29?,30?,31?,34+,35-,36-,37+,38+/m0/s1. The van der Waals surface area contributed by atoms with E-state index < -0.39 is 206 Å². The fourth-order valence-corrected chi connectivity index (χ4v) is 12.2. The van der Waals surface area contributed by atoms with Gasteiger partial charge < -0.3 is 86.0 Å². The van der Waals surface area contributed by atoms with Crippen LogP contribution >= 0.6 is 61.6 Å². The smallest absolute Gasteiger partial charge is 0.397 e. The van der Waals surface area contributed by atoms with Crippen molar-refractivity contribution in [2.24, 2.45) is 5.92 Å². The SMILES string of the molecule is COC1C(OC)[C@H](O[C@H]2O[C@H](COS(=O)(=O)O)[C@@H](O[C@@H]3OC(C(=O)O)[C@H](O[C@@H]4OC(COS(=O)(=O)O)[C@H](C)[C@H](OC)C4OC)[C@H](OC)C3OC)C(OSOOO)C2OSOOO)[C@H](C(=O)O)O[C@@H]1O[C@H]1C(COSOOO)O[C@@H](OC)C(OSOOO)[C@H]1OSOOO. The summed E-state index contributed by atoms with van der Waals surface area (Å²) in [6.07, 6.45) is -43.8. The third kappa shape index (κ3) is 23.5. The van der Waals surface area contributed by atoms with Crippen molar-refractivity contribution in [1.82, 2.24) is 0 Å². The van der Waals surface area contributed by atoms with Gasteiger partial charge in [0.05, 0.1) is 32.0 Å². The Morgan fingerprint density at radius 3 is 1.05 bits per heavy atom. The van der Waals surface area contributed by atoms with Gasteiger partial charge in [-0.2, -0.15) is 16.8 Å². The van der Waals surface area contributed by atoms with Gasteiger partial charge >= 0.3 is 32.7 Å². The third-order valence-electron chi connectivity index (χ3n) is 13.6. The Hall–Kier alpha value is -1.01. The highest BCUT2D eigenvalue weighted by Crippen LogP contribution is 2.43. The zero-order chi connectivity index (χ0) is 68.6. The lowest BCUT2D eigenvalue weighted by atomic mass is 9.90. The summed E-state index contributed by atoms with van der Waals surface area (Å²) in [6, 6.07) is 0. The van der Waals surface area contributed by atoms with E-state index in [4.69, 9.17) is 122 Å². The summed E-state index contributed by atoms with van der Waals surface area (Å²) in [4.78, 5) is 26.8. The van der Waals surface area contributed by atoms with Crippen LogP contribution in [0.25, 0.3) is 0 Å². The molecule has 5 rings (SSSR count). The lowest BCUT2D eigenvalue weighted by Crippen LogP contribution is -2.69. The second-order valence-corrected chi connectivity index (χ2v) is 22.9. The third-order valence-corrected chi connectivity index (χ3v) is 16.5. The van der Waals surface area contributed by atoms with E-state index in [0.29, 0.717) is 0 Å². The first kappa shape index (κ1) is 82.7. The second kappa shape index (κ2) is 41.7. The average molecular weight is 1510 g/mol. The van der Waals surface area contributed by atoms with Gasteiger partial charge in [0.1, 0.15) is 79.4 Å². The number of rotatable bonds is 44. The van der Waals surface area contributed by atoms with E-state index in [2.05, 4.69) is 51.0 Å². The molecule has 48 nitrogen and oxygen atoms in total. The number of methoxy groups -OCH3 is 7. The van der Waals surface area contributed by atoms with Gasteiger partial charge in [-0.15, -0.1) is 21.7 Å². The highest BCUT2D eigenvalue weighted by molar-refractivity contribution is 7.90. The molecule has 0 aliphatic carbocycles. The molecule has 0 aromatic rings. The fourth-order valence-electron chi connectivity index (χ4n) is 9.93. The molecule has 5 heterocycles. The molecule has 0 radical (unpaired) electrons. The molecule has 9 N–H and O–H groups in total. The Bertz CT molecular complexity index is 2370. The summed E-state index contributed by atoms with van der Waals surface area (Å²) in [6.45, 7) is -1.29. The monoisotopic (exact) mass is 1510 g/mol. The van der Waals surface area contributed by atoms with Crippen LogP contribution in [0.3, 0.4) is 0 Å². The number of hydrogen-bond donors (Lipinski definition) is 9. The maximum atomic E-state index is 13.5. The topological polar surface area (TPSA) is 589 Å². The van der Waals surface area contributed by atoms with E-state index in [0.717, 1.165) is 35.5 Å². The quantitative estimate of drug-likeness (QED) is 0.0114. The Labute approximate surface area is 546 Å². The summed E-state index contributed by atoms with van der Waals surface area (Å²) in [5.74, 6) is -4.46. The Morgan fingerprint density at radius 1 is 0.366 bits per heavy atom. The van der Waals surface area contributed by atoms with E-state index in [-0.39, 0.29) is 61.6 Å². The molecule has 5 aliphatic rings. The Kier molecular flexibility index (Phi) is 37.0. The number of ether oxygens (including phenoxy) is 16. The van der Waals surface area contributed by atoms with Crippen LogP contribution in [0, 0.1) is 5.92 Å². The van der Waals surface area contributed by atoms with Crippen molar-refractivity contribution in [1.29, 1.82) is 0 Å². The van der Waals surface area contributed by atoms with Gasteiger partial charge in [0, 0.05) is 55.7 Å². The van der Waals surface area contributed by atoms with Crippen LogP contribution in [0.5, 0.6) is 0 Å². The van der Waals surface area contributed by atoms with E-state index in [1.54, 1.807) is 6.92 Å². The van der Waals surface area contributed by atoms with Crippen molar-refractivity contribution in [2.45, 2.75) is 154 Å². The van der Waals surface area contributed by atoms with Gasteiger partial charge in [0.25, 0.3) is 0 Å². The lowest BCUT2D eigenvalue weighted by Gasteiger charge is -2.51. The molecule has 0 bridgehead atoms. The van der Waals surface area contributed by atoms with Crippen LogP contribution in [0.1, 0.15) is 6.92 Å². The zero-order valence-corrected chi connectivity index (χ0v) is 54.1. The minimum atomic E-state index is -5.51. The molecule has 0 aromatic carbocycles. The molecule has 5 saturated heterocycles. The van der Waals surface area contributed by atoms with Crippen molar-refractivity contribution in [2.75, 3.05) is 69.6 Å². The molecule has 10 unspecified atom stereocenters. The first-order chi connectivity index (χ1) is 44.5. The molecule has 0 saturated carbocycles. The summed E-state index contributed by atoms with van der Waals surface area (Å²) in [5, 5.41) is 84.5. The first-order valence-electron chi connectivity index (χ1n) is 25.2. The highest BCUT2D eigenvalue weighted by Gasteiger charge is 2.61. The molecule has 55 heteroatoms. The summed E-state index contributed by atoms with van der Waals surface area (Å²) < 4.78 is 221. The number of carboxylic acid groups (broad SMARTS) is 2. The molecule has 0 aromatic heterocycles. The van der Waals surface area contributed by atoms with Gasteiger partial charge in [-0.25, -0.2) is 44.2 Å². The summed E-state index contributed by atoms with van der Waals surface area (Å²) in [5.41, 5.74) is 0. The molecule has 546 valence electrons. The number of hydrogen-bond acceptors (Lipinski definition) is 49. The van der Waals surface area contributed by atoms with Crippen LogP contribution in [0.4, 0.5) is 0 Å². The minimum Gasteiger partial charge on any atom is -0.479 e. The fraction of sp³-hybridized carbons (Fsp3) is 0.947. The number of carbonyl (C=O) groups is 2. The molecule has 0 spiro atoms. The van der Waals surface area contributed by atoms with Crippen LogP contribution < -0.4 is 0 Å². The number of carboxylic acids is 2. The van der Waals surface area contributed by atoms with E-state index in [1.165, 1.54) is 14.2 Å². The van der Waals surface area contributed by atoms with Crippen molar-refractivity contribution in [3.8, 4) is 0 Å². The van der Waals surface area contributed by atoms with Gasteiger partial charge in [-0.3, -0.25) is 30.0 Å². The van der Waals surface area contributed by atoms with Gasteiger partial charge in [-0.05, 0) is 0 Å². The predicted octanol–water partition coefficient (Wildman–Crippen LogP) is -1.19. The minimum absolute atomic E-state index is 0.0237. The molecule has 93 heavy (non-hydrogen) atoms. The van der Waals surface area contributed by atoms with Crippen LogP contribution in [0.15, 0.2) is 0 Å². The molecule has 25 atom stereocenters. The second-order valence-electron chi connectivity index (χ2n) is 18.4. The van der Waals surface area contributed by atoms with Crippen molar-refractivity contribution in [3.63, 3.8) is 0 Å². The van der Waals surface area contributed by atoms with Gasteiger partial charge in [0.15, 0.2) is 117 Å². The largest absolute Gasteiger partial charge is 0.479 e. The predicted molar refractivity (Wildman–Crippen MR) is 281 cm³/mol. The summed E-state index contributed by atoms with van der Waals surface area (Å²) in [7, 11) is -2.79. The maximum absolute atomic E-state index is 13.5. The molecule has 5 aliphatic heterocycles. The number of aliphatic carboxylic acids is 2. The molecular formula is C38H64O48S7. The van der Waals surface area contributed by atoms with Crippen molar-refractivity contribution in [3.05, 3.63) is 0 Å². The maximum Gasteiger partial charge on any atom is 0.397 e. The highest BCUT2D eigenvalue weighted by atomic mass is 32.3. The molecular weight excluding hydrogens is 1450 g/mol. The van der Waals surface area contributed by atoms with Gasteiger partial charge in [-0.1, -0.05) is 32.1 Å². The van der Waals surface area contributed by atoms with Crippen molar-refractivity contribution < 1.29 is 224 Å². The normalized spacial score (nSPS) is 37.0. The molecule has 5 fully saturated rings. The van der Waals surface area contributed by atoms with Crippen molar-refractivity contribution >= 4 is 94.4 Å². The van der Waals surface area contributed by atoms with E-state index >= 15 is 0 Å². The average Bonchev–Trinajstić information content (AvgIpc) is 0.771. The van der Waals surface area contributed by atoms with Crippen LogP contribution in [0.2, 0.25) is 0 Å². The van der Waals surface area contributed by atoms with E-state index in [9.17, 15) is 51.0 Å². The lowest BCUT2D eigenvalue weighted by molar-refractivity contribution is -0.437. The van der Waals surface area contributed by atoms with Crippen LogP contribution in [-0.4, -0.2) is 291 Å². The Balaban J connectivity index is 1.57.